The van der Waals surface area contributed by atoms with Crippen LogP contribution in [0.4, 0.5) is 34.1 Å². The van der Waals surface area contributed by atoms with Crippen LogP contribution in [0.5, 0.6) is 0 Å². The van der Waals surface area contributed by atoms with E-state index in [0.29, 0.717) is 0 Å². The Morgan fingerprint density at radius 1 is 0.317 bits per heavy atom. The van der Waals surface area contributed by atoms with E-state index >= 15 is 0 Å². The van der Waals surface area contributed by atoms with Crippen LogP contribution in [-0.2, 0) is 0 Å². The fraction of sp³-hybridized carbons (Fsp3) is 0. The molecule has 0 spiro atoms. The van der Waals surface area contributed by atoms with E-state index in [-0.39, 0.29) is 0 Å². The SMILES string of the molecule is c1ccc(N(c2ccccc2)c2cc(-c3nc4ccccc4s3)c3ccc4c(N(c5ccccc5)c5ccccc5)cc(-c5nc6ccccc6s5)c5ccc2c3c54)cc1. The minimum absolute atomic E-state index is 0.998. The summed E-state index contributed by atoms with van der Waals surface area (Å²) in [6, 6.07) is 73.9. The average Bonchev–Trinajstić information content (AvgIpc) is 3.95. The number of anilines is 6. The molecule has 6 heteroatoms. The lowest BCUT2D eigenvalue weighted by atomic mass is 9.87. The summed E-state index contributed by atoms with van der Waals surface area (Å²) in [6.45, 7) is 0. The number of hydrogen-bond donors (Lipinski definition) is 0. The van der Waals surface area contributed by atoms with Crippen molar-refractivity contribution in [3.63, 3.8) is 0 Å². The largest absolute Gasteiger partial charge is 0.310 e. The molecular weight excluding hydrogens is 769 g/mol. The van der Waals surface area contributed by atoms with E-state index < -0.39 is 0 Å². The molecule has 0 fully saturated rings. The van der Waals surface area contributed by atoms with Crippen LogP contribution in [0.25, 0.3) is 73.9 Å². The number of aromatic nitrogens is 2. The molecule has 0 aliphatic heterocycles. The van der Waals surface area contributed by atoms with E-state index in [9.17, 15) is 0 Å². The number of para-hydroxylation sites is 6. The van der Waals surface area contributed by atoms with Gasteiger partial charge in [0.2, 0.25) is 0 Å². The molecule has 12 aromatic rings. The van der Waals surface area contributed by atoms with Crippen LogP contribution >= 0.6 is 22.7 Å². The second-order valence-corrected chi connectivity index (χ2v) is 17.0. The summed E-state index contributed by atoms with van der Waals surface area (Å²) in [5.41, 5.74) is 10.8. The molecule has 0 saturated heterocycles. The summed E-state index contributed by atoms with van der Waals surface area (Å²) in [7, 11) is 0. The highest BCUT2D eigenvalue weighted by atomic mass is 32.1. The first-order valence-electron chi connectivity index (χ1n) is 20.1. The predicted molar refractivity (Wildman–Crippen MR) is 257 cm³/mol. The zero-order chi connectivity index (χ0) is 39.6. The maximum Gasteiger partial charge on any atom is 0.125 e. The van der Waals surface area contributed by atoms with Gasteiger partial charge in [-0.15, -0.1) is 22.7 Å². The Morgan fingerprint density at radius 3 is 0.983 bits per heavy atom. The number of rotatable bonds is 8. The summed E-state index contributed by atoms with van der Waals surface area (Å²) in [5.74, 6) is 0. The number of fused-ring (bicyclic) bond motifs is 2. The van der Waals surface area contributed by atoms with Gasteiger partial charge in [0, 0.05) is 55.4 Å². The highest BCUT2D eigenvalue weighted by Crippen LogP contribution is 2.53. The first kappa shape index (κ1) is 34.6. The third-order valence-corrected chi connectivity index (χ3v) is 13.6. The molecular formula is C54H34N4S2. The van der Waals surface area contributed by atoms with E-state index in [4.69, 9.17) is 9.97 Å². The first-order valence-corrected chi connectivity index (χ1v) is 21.7. The van der Waals surface area contributed by atoms with Gasteiger partial charge in [0.25, 0.3) is 0 Å². The van der Waals surface area contributed by atoms with Crippen LogP contribution in [-0.4, -0.2) is 9.97 Å². The Balaban J connectivity index is 1.26. The first-order chi connectivity index (χ1) is 29.8. The maximum absolute atomic E-state index is 5.31. The monoisotopic (exact) mass is 802 g/mol. The van der Waals surface area contributed by atoms with Crippen molar-refractivity contribution in [3.05, 3.63) is 206 Å². The minimum atomic E-state index is 0.998. The molecule has 0 amide bonds. The van der Waals surface area contributed by atoms with Gasteiger partial charge in [0.15, 0.2) is 0 Å². The van der Waals surface area contributed by atoms with E-state index in [1.54, 1.807) is 22.7 Å². The number of hydrogen-bond acceptors (Lipinski definition) is 6. The Hall–Kier alpha value is -7.38. The third-order valence-electron chi connectivity index (χ3n) is 11.4. The van der Waals surface area contributed by atoms with E-state index in [1.165, 1.54) is 41.7 Å². The number of benzene rings is 10. The van der Waals surface area contributed by atoms with Gasteiger partial charge in [0.1, 0.15) is 10.0 Å². The Bertz CT molecular complexity index is 3110. The molecule has 2 aromatic heterocycles. The molecule has 10 aromatic carbocycles. The van der Waals surface area contributed by atoms with Crippen molar-refractivity contribution in [2.75, 3.05) is 9.80 Å². The number of nitrogens with zero attached hydrogens (tertiary/aromatic N) is 4. The smallest absolute Gasteiger partial charge is 0.125 e. The van der Waals surface area contributed by atoms with Crippen molar-refractivity contribution in [1.29, 1.82) is 0 Å². The van der Waals surface area contributed by atoms with Crippen LogP contribution in [0.2, 0.25) is 0 Å². The third kappa shape index (κ3) is 5.64. The molecule has 2 heterocycles. The second-order valence-electron chi connectivity index (χ2n) is 14.9. The van der Waals surface area contributed by atoms with Gasteiger partial charge in [-0.1, -0.05) is 121 Å². The van der Waals surface area contributed by atoms with Gasteiger partial charge in [0.05, 0.1) is 31.8 Å². The topological polar surface area (TPSA) is 32.3 Å². The zero-order valence-corrected chi connectivity index (χ0v) is 33.9. The number of thiazole rings is 2. The summed E-state index contributed by atoms with van der Waals surface area (Å²) < 4.78 is 2.34. The second kappa shape index (κ2) is 14.2. The fourth-order valence-corrected chi connectivity index (χ4v) is 10.8. The quantitative estimate of drug-likeness (QED) is 0.143. The van der Waals surface area contributed by atoms with Crippen LogP contribution in [0.1, 0.15) is 0 Å². The molecule has 0 aliphatic carbocycles. The molecule has 60 heavy (non-hydrogen) atoms. The van der Waals surface area contributed by atoms with Gasteiger partial charge in [-0.05, 0) is 95.7 Å². The van der Waals surface area contributed by atoms with Crippen LogP contribution in [0.15, 0.2) is 206 Å². The summed E-state index contributed by atoms with van der Waals surface area (Å²) >= 11 is 3.50. The lowest BCUT2D eigenvalue weighted by Crippen LogP contribution is -2.12. The maximum atomic E-state index is 5.31. The van der Waals surface area contributed by atoms with Gasteiger partial charge in [-0.2, -0.15) is 0 Å². The lowest BCUT2D eigenvalue weighted by molar-refractivity contribution is 1.30. The van der Waals surface area contributed by atoms with Crippen LogP contribution in [0, 0.1) is 0 Å². The van der Waals surface area contributed by atoms with Crippen LogP contribution < -0.4 is 9.80 Å². The lowest BCUT2D eigenvalue weighted by Gasteiger charge is -2.30. The summed E-state index contributed by atoms with van der Waals surface area (Å²) in [5, 5.41) is 9.09. The normalized spacial score (nSPS) is 11.7. The van der Waals surface area contributed by atoms with E-state index in [1.807, 2.05) is 0 Å². The molecule has 0 atom stereocenters. The average molecular weight is 803 g/mol. The van der Waals surface area contributed by atoms with E-state index in [0.717, 1.165) is 66.3 Å². The van der Waals surface area contributed by atoms with Crippen molar-refractivity contribution >= 4 is 110 Å². The molecule has 282 valence electrons. The predicted octanol–water partition coefficient (Wildman–Crippen LogP) is 16.1. The fourth-order valence-electron chi connectivity index (χ4n) is 8.82. The van der Waals surface area contributed by atoms with Crippen LogP contribution in [0.3, 0.4) is 0 Å². The minimum Gasteiger partial charge on any atom is -0.310 e. The summed E-state index contributed by atoms with van der Waals surface area (Å²) in [6.07, 6.45) is 0. The van der Waals surface area contributed by atoms with Gasteiger partial charge < -0.3 is 9.80 Å². The highest BCUT2D eigenvalue weighted by molar-refractivity contribution is 7.22. The molecule has 0 N–H and O–H groups in total. The van der Waals surface area contributed by atoms with Gasteiger partial charge in [-0.3, -0.25) is 0 Å². The standard InChI is InChI=1S/C54H34N4S2/c1-5-17-35(18-6-1)57(36-19-7-2-8-20-36)47-33-43(53-55-45-25-13-15-27-49(45)59-53)39-30-32-42-48(58(37-21-9-3-10-22-37)38-23-11-4-12-24-38)34-44(40-29-31-41(47)51(39)52(40)42)54-56-46-26-14-16-28-50(46)60-54/h1-34H. The van der Waals surface area contributed by atoms with Crippen molar-refractivity contribution in [1.82, 2.24) is 9.97 Å². The van der Waals surface area contributed by atoms with Crippen molar-refractivity contribution < 1.29 is 0 Å². The molecule has 0 saturated carbocycles. The van der Waals surface area contributed by atoms with Crippen molar-refractivity contribution in [2.24, 2.45) is 0 Å². The molecule has 12 rings (SSSR count). The molecule has 0 bridgehead atoms. The highest BCUT2D eigenvalue weighted by Gasteiger charge is 2.27. The Kier molecular flexibility index (Phi) is 8.18. The molecule has 4 nitrogen and oxygen atoms in total. The molecule has 0 radical (unpaired) electrons. The Labute approximate surface area is 354 Å². The van der Waals surface area contributed by atoms with E-state index in [2.05, 4.69) is 216 Å². The summed E-state index contributed by atoms with van der Waals surface area (Å²) in [4.78, 5) is 15.4. The van der Waals surface area contributed by atoms with Crippen molar-refractivity contribution in [2.45, 2.75) is 0 Å². The van der Waals surface area contributed by atoms with Gasteiger partial charge in [-0.25, -0.2) is 9.97 Å². The zero-order valence-electron chi connectivity index (χ0n) is 32.2. The molecule has 0 aliphatic rings. The van der Waals surface area contributed by atoms with Crippen molar-refractivity contribution in [3.8, 4) is 21.1 Å². The molecule has 0 unspecified atom stereocenters. The van der Waals surface area contributed by atoms with Gasteiger partial charge >= 0.3 is 0 Å². The Morgan fingerprint density at radius 2 is 0.633 bits per heavy atom.